The van der Waals surface area contributed by atoms with Gasteiger partial charge in [0.05, 0.1) is 11.6 Å². The quantitative estimate of drug-likeness (QED) is 0.872. The average Bonchev–Trinajstić information content (AvgIpc) is 3.02. The van der Waals surface area contributed by atoms with Crippen LogP contribution in [-0.4, -0.2) is 54.6 Å². The van der Waals surface area contributed by atoms with E-state index in [9.17, 15) is 4.79 Å². The number of pyridine rings is 1. The second kappa shape index (κ2) is 5.89. The van der Waals surface area contributed by atoms with E-state index in [1.165, 1.54) is 0 Å². The molecule has 2 aliphatic heterocycles. The summed E-state index contributed by atoms with van der Waals surface area (Å²) >= 11 is 0. The molecule has 1 fully saturated rings. The molecule has 0 bridgehead atoms. The first-order valence-electron chi connectivity index (χ1n) is 7.57. The SMILES string of the molecule is CC[C@@H]1COc2cc(C(=O)N3CC[C@H](NC)C3)cnc2N1. The third-order valence-electron chi connectivity index (χ3n) is 4.26. The van der Waals surface area contributed by atoms with Gasteiger partial charge in [0.1, 0.15) is 6.61 Å². The van der Waals surface area contributed by atoms with Gasteiger partial charge in [-0.2, -0.15) is 0 Å². The van der Waals surface area contributed by atoms with Crippen molar-refractivity contribution in [3.8, 4) is 5.75 Å². The Morgan fingerprint density at radius 1 is 1.62 bits per heavy atom. The number of rotatable bonds is 3. The summed E-state index contributed by atoms with van der Waals surface area (Å²) in [5, 5.41) is 6.54. The summed E-state index contributed by atoms with van der Waals surface area (Å²) in [5.74, 6) is 1.44. The number of fused-ring (bicyclic) bond motifs is 1. The van der Waals surface area contributed by atoms with Gasteiger partial charge in [0, 0.05) is 25.3 Å². The molecule has 6 nitrogen and oxygen atoms in total. The van der Waals surface area contributed by atoms with Crippen LogP contribution in [0.3, 0.4) is 0 Å². The number of nitrogens with one attached hydrogen (secondary N) is 2. The lowest BCUT2D eigenvalue weighted by Gasteiger charge is -2.26. The number of carbonyl (C=O) groups is 1. The molecule has 2 atom stereocenters. The fourth-order valence-corrected chi connectivity index (χ4v) is 2.79. The van der Waals surface area contributed by atoms with Gasteiger partial charge in [-0.15, -0.1) is 0 Å². The summed E-state index contributed by atoms with van der Waals surface area (Å²) < 4.78 is 5.71. The molecule has 0 aliphatic carbocycles. The summed E-state index contributed by atoms with van der Waals surface area (Å²) in [4.78, 5) is 18.7. The zero-order valence-electron chi connectivity index (χ0n) is 12.6. The molecule has 0 saturated carbocycles. The van der Waals surface area contributed by atoms with E-state index in [2.05, 4.69) is 22.5 Å². The minimum Gasteiger partial charge on any atom is -0.488 e. The summed E-state index contributed by atoms with van der Waals surface area (Å²) in [6, 6.07) is 2.49. The molecule has 1 saturated heterocycles. The molecule has 1 aromatic heterocycles. The van der Waals surface area contributed by atoms with Crippen LogP contribution < -0.4 is 15.4 Å². The van der Waals surface area contributed by atoms with Crippen LogP contribution in [0.15, 0.2) is 12.3 Å². The summed E-state index contributed by atoms with van der Waals surface area (Å²) in [6.45, 7) is 4.27. The number of aromatic nitrogens is 1. The van der Waals surface area contributed by atoms with E-state index >= 15 is 0 Å². The molecule has 2 aliphatic rings. The van der Waals surface area contributed by atoms with Crippen LogP contribution in [0.5, 0.6) is 5.75 Å². The zero-order chi connectivity index (χ0) is 14.8. The largest absolute Gasteiger partial charge is 0.488 e. The maximum absolute atomic E-state index is 12.5. The van der Waals surface area contributed by atoms with Gasteiger partial charge in [-0.25, -0.2) is 4.98 Å². The fourth-order valence-electron chi connectivity index (χ4n) is 2.79. The Bertz CT molecular complexity index is 534. The summed E-state index contributed by atoms with van der Waals surface area (Å²) in [5.41, 5.74) is 0.599. The Kier molecular flexibility index (Phi) is 3.96. The van der Waals surface area contributed by atoms with Gasteiger partial charge >= 0.3 is 0 Å². The minimum absolute atomic E-state index is 0.0317. The lowest BCUT2D eigenvalue weighted by atomic mass is 10.2. The van der Waals surface area contributed by atoms with Crippen molar-refractivity contribution in [3.05, 3.63) is 17.8 Å². The molecular formula is C15H22N4O2. The number of likely N-dealkylation sites (tertiary alicyclic amines) is 1. The minimum atomic E-state index is 0.0317. The molecule has 6 heteroatoms. The molecule has 114 valence electrons. The van der Waals surface area contributed by atoms with E-state index < -0.39 is 0 Å². The van der Waals surface area contributed by atoms with Crippen molar-refractivity contribution in [1.82, 2.24) is 15.2 Å². The number of likely N-dealkylation sites (N-methyl/N-ethyl adjacent to an activating group) is 1. The van der Waals surface area contributed by atoms with E-state index in [0.29, 0.717) is 30.0 Å². The van der Waals surface area contributed by atoms with Crippen LogP contribution in [0, 0.1) is 0 Å². The standard InChI is InChI=1S/C15H22N4O2/c1-3-11-9-21-13-6-10(7-17-14(13)18-11)15(20)19-5-4-12(8-19)16-2/h6-7,11-12,16H,3-5,8-9H2,1-2H3,(H,17,18)/t11-,12+/m1/s1. The maximum Gasteiger partial charge on any atom is 0.255 e. The van der Waals surface area contributed by atoms with Crippen molar-refractivity contribution in [2.24, 2.45) is 0 Å². The molecule has 1 amide bonds. The molecule has 1 aromatic rings. The topological polar surface area (TPSA) is 66.5 Å². The highest BCUT2D eigenvalue weighted by molar-refractivity contribution is 5.95. The molecule has 3 heterocycles. The molecule has 21 heavy (non-hydrogen) atoms. The number of hydrogen-bond donors (Lipinski definition) is 2. The van der Waals surface area contributed by atoms with E-state index in [1.54, 1.807) is 12.3 Å². The first-order valence-corrected chi connectivity index (χ1v) is 7.57. The third-order valence-corrected chi connectivity index (χ3v) is 4.26. The Hall–Kier alpha value is -1.82. The van der Waals surface area contributed by atoms with Gasteiger partial charge in [-0.1, -0.05) is 6.92 Å². The van der Waals surface area contributed by atoms with Crippen molar-refractivity contribution >= 4 is 11.7 Å². The smallest absolute Gasteiger partial charge is 0.255 e. The highest BCUT2D eigenvalue weighted by atomic mass is 16.5. The Morgan fingerprint density at radius 3 is 3.19 bits per heavy atom. The van der Waals surface area contributed by atoms with Crippen LogP contribution in [-0.2, 0) is 0 Å². The van der Waals surface area contributed by atoms with E-state index in [1.807, 2.05) is 11.9 Å². The van der Waals surface area contributed by atoms with Crippen molar-refractivity contribution < 1.29 is 9.53 Å². The maximum atomic E-state index is 12.5. The van der Waals surface area contributed by atoms with Gasteiger partial charge in [-0.05, 0) is 26.0 Å². The number of nitrogens with zero attached hydrogens (tertiary/aromatic N) is 2. The number of ether oxygens (including phenoxy) is 1. The average molecular weight is 290 g/mol. The third kappa shape index (κ3) is 2.81. The highest BCUT2D eigenvalue weighted by Crippen LogP contribution is 2.28. The molecular weight excluding hydrogens is 268 g/mol. The second-order valence-electron chi connectivity index (χ2n) is 5.66. The van der Waals surface area contributed by atoms with E-state index in [4.69, 9.17) is 4.74 Å². The van der Waals surface area contributed by atoms with Gasteiger partial charge in [0.15, 0.2) is 11.6 Å². The summed E-state index contributed by atoms with van der Waals surface area (Å²) in [7, 11) is 1.93. The molecule has 2 N–H and O–H groups in total. The second-order valence-corrected chi connectivity index (χ2v) is 5.66. The van der Waals surface area contributed by atoms with Crippen molar-refractivity contribution in [2.45, 2.75) is 31.8 Å². The molecule has 3 rings (SSSR count). The monoisotopic (exact) mass is 290 g/mol. The molecule has 0 aromatic carbocycles. The molecule has 0 spiro atoms. The van der Waals surface area contributed by atoms with Gasteiger partial charge in [0.25, 0.3) is 5.91 Å². The first-order chi connectivity index (χ1) is 10.2. The highest BCUT2D eigenvalue weighted by Gasteiger charge is 2.27. The van der Waals surface area contributed by atoms with E-state index in [-0.39, 0.29) is 5.91 Å². The number of amides is 1. The predicted molar refractivity (Wildman–Crippen MR) is 80.8 cm³/mol. The molecule has 0 unspecified atom stereocenters. The van der Waals surface area contributed by atoms with Gasteiger partial charge < -0.3 is 20.3 Å². The first kappa shape index (κ1) is 14.1. The zero-order valence-corrected chi connectivity index (χ0v) is 12.6. The van der Waals surface area contributed by atoms with Crippen LogP contribution >= 0.6 is 0 Å². The van der Waals surface area contributed by atoms with E-state index in [0.717, 1.165) is 31.7 Å². The number of carbonyl (C=O) groups excluding carboxylic acids is 1. The van der Waals surface area contributed by atoms with Crippen molar-refractivity contribution in [3.63, 3.8) is 0 Å². The van der Waals surface area contributed by atoms with Gasteiger partial charge in [0.2, 0.25) is 0 Å². The van der Waals surface area contributed by atoms with Crippen LogP contribution in [0.2, 0.25) is 0 Å². The number of anilines is 1. The normalized spacial score (nSPS) is 24.2. The van der Waals surface area contributed by atoms with Crippen molar-refractivity contribution in [2.75, 3.05) is 32.1 Å². The summed E-state index contributed by atoms with van der Waals surface area (Å²) in [6.07, 6.45) is 3.63. The Balaban J connectivity index is 1.74. The van der Waals surface area contributed by atoms with Crippen LogP contribution in [0.1, 0.15) is 30.1 Å². The Morgan fingerprint density at radius 2 is 2.48 bits per heavy atom. The van der Waals surface area contributed by atoms with Crippen LogP contribution in [0.25, 0.3) is 0 Å². The van der Waals surface area contributed by atoms with Gasteiger partial charge in [-0.3, -0.25) is 4.79 Å². The molecule has 0 radical (unpaired) electrons. The fraction of sp³-hybridized carbons (Fsp3) is 0.600. The number of hydrogen-bond acceptors (Lipinski definition) is 5. The van der Waals surface area contributed by atoms with Crippen molar-refractivity contribution in [1.29, 1.82) is 0 Å². The lowest BCUT2D eigenvalue weighted by Crippen LogP contribution is -2.34. The Labute approximate surface area is 124 Å². The predicted octanol–water partition coefficient (Wildman–Crippen LogP) is 1.10. The van der Waals surface area contributed by atoms with Crippen LogP contribution in [0.4, 0.5) is 5.82 Å². The lowest BCUT2D eigenvalue weighted by molar-refractivity contribution is 0.0788.